The highest BCUT2D eigenvalue weighted by Gasteiger charge is 2.23. The number of rotatable bonds is 4. The number of thiophene rings is 1. The van der Waals surface area contributed by atoms with Gasteiger partial charge in [0.2, 0.25) is 0 Å². The van der Waals surface area contributed by atoms with Crippen molar-refractivity contribution in [2.75, 3.05) is 7.11 Å². The molecule has 21 heavy (non-hydrogen) atoms. The lowest BCUT2D eigenvalue weighted by atomic mass is 10.0. The minimum Gasteiger partial charge on any atom is -0.468 e. The molecule has 0 saturated heterocycles. The number of hydrogen-bond acceptors (Lipinski definition) is 4. The number of aromatic amines is 1. The fraction of sp³-hybridized carbons (Fsp3) is 0.125. The summed E-state index contributed by atoms with van der Waals surface area (Å²) in [6.45, 7) is 0. The average molecular weight is 299 g/mol. The van der Waals surface area contributed by atoms with Crippen LogP contribution in [0.4, 0.5) is 0 Å². The summed E-state index contributed by atoms with van der Waals surface area (Å²) in [5, 5.41) is 3.06. The summed E-state index contributed by atoms with van der Waals surface area (Å²) < 4.78 is 4.66. The van der Waals surface area contributed by atoms with Gasteiger partial charge in [-0.05, 0) is 23.1 Å². The van der Waals surface area contributed by atoms with Crippen molar-refractivity contribution in [1.82, 2.24) is 4.98 Å². The molecule has 4 nitrogen and oxygen atoms in total. The van der Waals surface area contributed by atoms with Crippen molar-refractivity contribution < 1.29 is 14.3 Å². The Morgan fingerprint density at radius 3 is 2.95 bits per heavy atom. The average Bonchev–Trinajstić information content (AvgIpc) is 3.14. The summed E-state index contributed by atoms with van der Waals surface area (Å²) in [6.07, 6.45) is 2.56. The summed E-state index contributed by atoms with van der Waals surface area (Å²) in [7, 11) is 1.28. The van der Waals surface area contributed by atoms with Crippen LogP contribution in [-0.2, 0) is 14.3 Å². The van der Waals surface area contributed by atoms with Gasteiger partial charge in [0.1, 0.15) is 12.2 Å². The molecule has 3 aromatic rings. The lowest BCUT2D eigenvalue weighted by Crippen LogP contribution is -2.14. The number of aromatic nitrogens is 1. The third kappa shape index (κ3) is 2.36. The van der Waals surface area contributed by atoms with Crippen molar-refractivity contribution >= 4 is 34.5 Å². The van der Waals surface area contributed by atoms with Crippen LogP contribution in [0, 0.1) is 0 Å². The molecule has 0 radical (unpaired) electrons. The first kappa shape index (κ1) is 13.6. The Hall–Kier alpha value is -2.40. The number of hydrogen-bond donors (Lipinski definition) is 1. The monoisotopic (exact) mass is 299 g/mol. The molecule has 0 bridgehead atoms. The van der Waals surface area contributed by atoms with Gasteiger partial charge in [-0.25, -0.2) is 0 Å². The third-order valence-electron chi connectivity index (χ3n) is 3.42. The highest BCUT2D eigenvalue weighted by atomic mass is 32.1. The molecule has 2 heterocycles. The van der Waals surface area contributed by atoms with E-state index in [0.717, 1.165) is 22.0 Å². The topological polar surface area (TPSA) is 59.2 Å². The zero-order valence-corrected chi connectivity index (χ0v) is 12.1. The molecule has 1 aromatic carbocycles. The Morgan fingerprint density at radius 2 is 2.19 bits per heavy atom. The van der Waals surface area contributed by atoms with Crippen LogP contribution in [0.2, 0.25) is 0 Å². The molecule has 1 atom stereocenters. The second-order valence-corrected chi connectivity index (χ2v) is 5.57. The fourth-order valence-electron chi connectivity index (χ4n) is 2.33. The first-order valence-corrected chi connectivity index (χ1v) is 7.30. The van der Waals surface area contributed by atoms with E-state index in [1.807, 2.05) is 41.9 Å². The lowest BCUT2D eigenvalue weighted by Gasteiger charge is -2.04. The number of carbonyl (C=O) groups excluding carboxylic acids is 2. The second kappa shape index (κ2) is 5.54. The Balaban J connectivity index is 2.02. The van der Waals surface area contributed by atoms with Gasteiger partial charge in [0.15, 0.2) is 0 Å². The number of methoxy groups -OCH3 is 1. The molecule has 0 amide bonds. The van der Waals surface area contributed by atoms with Gasteiger partial charge in [0.05, 0.1) is 7.11 Å². The van der Waals surface area contributed by atoms with Crippen LogP contribution in [0.15, 0.2) is 41.9 Å². The number of carbonyl (C=O) groups is 2. The highest BCUT2D eigenvalue weighted by molar-refractivity contribution is 7.10. The predicted molar refractivity (Wildman–Crippen MR) is 82.4 cm³/mol. The third-order valence-corrected chi connectivity index (χ3v) is 4.43. The van der Waals surface area contributed by atoms with E-state index in [-0.39, 0.29) is 0 Å². The number of esters is 1. The van der Waals surface area contributed by atoms with E-state index in [0.29, 0.717) is 11.2 Å². The van der Waals surface area contributed by atoms with Crippen molar-refractivity contribution in [3.05, 3.63) is 46.8 Å². The number of para-hydroxylation sites is 1. The Kier molecular flexibility index (Phi) is 3.58. The van der Waals surface area contributed by atoms with E-state index in [1.54, 1.807) is 0 Å². The molecule has 0 aliphatic carbocycles. The molecule has 1 N–H and O–H groups in total. The quantitative estimate of drug-likeness (QED) is 0.456. The van der Waals surface area contributed by atoms with Crippen LogP contribution in [0.25, 0.3) is 22.0 Å². The summed E-state index contributed by atoms with van der Waals surface area (Å²) >= 11 is 1.39. The number of H-pyrrole nitrogens is 1. The number of ether oxygens (including phenoxy) is 1. The summed E-state index contributed by atoms with van der Waals surface area (Å²) in [5.41, 5.74) is 3.10. The Labute approximate surface area is 125 Å². The van der Waals surface area contributed by atoms with Gasteiger partial charge >= 0.3 is 5.97 Å². The van der Waals surface area contributed by atoms with Gasteiger partial charge in [-0.2, -0.15) is 0 Å². The fourth-order valence-corrected chi connectivity index (χ4v) is 3.28. The van der Waals surface area contributed by atoms with Gasteiger partial charge < -0.3 is 14.5 Å². The summed E-state index contributed by atoms with van der Waals surface area (Å²) in [6, 6.07) is 9.87. The maximum Gasteiger partial charge on any atom is 0.321 e. The molecule has 0 aliphatic rings. The van der Waals surface area contributed by atoms with Crippen molar-refractivity contribution in [2.24, 2.45) is 0 Å². The largest absolute Gasteiger partial charge is 0.468 e. The van der Waals surface area contributed by atoms with E-state index in [9.17, 15) is 9.59 Å². The van der Waals surface area contributed by atoms with Crippen molar-refractivity contribution in [1.29, 1.82) is 0 Å². The van der Waals surface area contributed by atoms with E-state index >= 15 is 0 Å². The standard InChI is InChI=1S/C16H13NO3S/c1-20-16(19)13(8-18)15-6-10(9-21-15)12-7-17-14-5-3-2-4-11(12)14/h2-9,13,17H,1H3. The maximum atomic E-state index is 11.6. The van der Waals surface area contributed by atoms with Gasteiger partial charge in [-0.15, -0.1) is 11.3 Å². The van der Waals surface area contributed by atoms with Gasteiger partial charge in [0, 0.05) is 27.5 Å². The van der Waals surface area contributed by atoms with Gasteiger partial charge in [0.25, 0.3) is 0 Å². The highest BCUT2D eigenvalue weighted by Crippen LogP contribution is 2.34. The molecule has 0 fully saturated rings. The van der Waals surface area contributed by atoms with Crippen LogP contribution in [-0.4, -0.2) is 24.3 Å². The maximum absolute atomic E-state index is 11.6. The zero-order chi connectivity index (χ0) is 14.8. The molecule has 3 rings (SSSR count). The van der Waals surface area contributed by atoms with Crippen molar-refractivity contribution in [3.63, 3.8) is 0 Å². The summed E-state index contributed by atoms with van der Waals surface area (Å²) in [5.74, 6) is -1.38. The minimum atomic E-state index is -0.848. The molecule has 106 valence electrons. The zero-order valence-electron chi connectivity index (χ0n) is 11.3. The number of nitrogens with one attached hydrogen (secondary N) is 1. The first-order chi connectivity index (χ1) is 10.2. The normalized spacial score (nSPS) is 12.2. The molecule has 1 unspecified atom stereocenters. The van der Waals surface area contributed by atoms with Crippen LogP contribution in [0.3, 0.4) is 0 Å². The van der Waals surface area contributed by atoms with Crippen molar-refractivity contribution in [3.8, 4) is 11.1 Å². The van der Waals surface area contributed by atoms with E-state index < -0.39 is 11.9 Å². The van der Waals surface area contributed by atoms with Gasteiger partial charge in [-0.3, -0.25) is 4.79 Å². The van der Waals surface area contributed by atoms with Crippen molar-refractivity contribution in [2.45, 2.75) is 5.92 Å². The number of fused-ring (bicyclic) bond motifs is 1. The lowest BCUT2D eigenvalue weighted by molar-refractivity contribution is -0.143. The molecule has 0 spiro atoms. The SMILES string of the molecule is COC(=O)C(C=O)c1cc(-c2c[nH]c3ccccc23)cs1. The van der Waals surface area contributed by atoms with Crippen LogP contribution >= 0.6 is 11.3 Å². The van der Waals surface area contributed by atoms with Gasteiger partial charge in [-0.1, -0.05) is 18.2 Å². The first-order valence-electron chi connectivity index (χ1n) is 6.42. The molecule has 5 heteroatoms. The number of benzene rings is 1. The van der Waals surface area contributed by atoms with Crippen LogP contribution in [0.1, 0.15) is 10.8 Å². The smallest absolute Gasteiger partial charge is 0.321 e. The van der Waals surface area contributed by atoms with Crippen LogP contribution < -0.4 is 0 Å². The Bertz CT molecular complexity index is 803. The minimum absolute atomic E-state index is 0.530. The second-order valence-electron chi connectivity index (χ2n) is 4.62. The molecule has 2 aromatic heterocycles. The Morgan fingerprint density at radius 1 is 1.38 bits per heavy atom. The predicted octanol–water partition coefficient (Wildman–Crippen LogP) is 3.35. The molecular formula is C16H13NO3S. The van der Waals surface area contributed by atoms with E-state index in [1.165, 1.54) is 18.4 Å². The van der Waals surface area contributed by atoms with E-state index in [4.69, 9.17) is 0 Å². The molecule has 0 aliphatic heterocycles. The van der Waals surface area contributed by atoms with E-state index in [2.05, 4.69) is 9.72 Å². The number of aldehydes is 1. The molecule has 0 saturated carbocycles. The summed E-state index contributed by atoms with van der Waals surface area (Å²) in [4.78, 5) is 26.6. The molecular weight excluding hydrogens is 286 g/mol. The van der Waals surface area contributed by atoms with Crippen LogP contribution in [0.5, 0.6) is 0 Å².